The van der Waals surface area contributed by atoms with Gasteiger partial charge in [-0.3, -0.25) is 4.79 Å². The fourth-order valence-electron chi connectivity index (χ4n) is 2.03. The highest BCUT2D eigenvalue weighted by molar-refractivity contribution is 5.82. The van der Waals surface area contributed by atoms with Crippen molar-refractivity contribution in [1.82, 2.24) is 4.90 Å². The molecule has 1 rings (SSSR count). The van der Waals surface area contributed by atoms with E-state index in [4.69, 9.17) is 0 Å². The first-order chi connectivity index (χ1) is 6.92. The zero-order chi connectivity index (χ0) is 11.5. The van der Waals surface area contributed by atoms with Crippen LogP contribution < -0.4 is 0 Å². The van der Waals surface area contributed by atoms with Crippen LogP contribution in [-0.2, 0) is 4.79 Å². The average molecular weight is 211 g/mol. The number of hydrogen-bond donors (Lipinski definition) is 0. The molecule has 2 heteroatoms. The molecule has 0 N–H and O–H groups in total. The maximum absolute atomic E-state index is 11.5. The quantitative estimate of drug-likeness (QED) is 0.715. The average Bonchev–Trinajstić information content (AvgIpc) is 2.15. The number of rotatable bonds is 3. The molecular weight excluding hydrogens is 186 g/mol. The van der Waals surface area contributed by atoms with Gasteiger partial charge in [-0.15, -0.1) is 0 Å². The summed E-state index contributed by atoms with van der Waals surface area (Å²) >= 11 is 0. The third-order valence-electron chi connectivity index (χ3n) is 3.28. The summed E-state index contributed by atoms with van der Waals surface area (Å²) in [5.74, 6) is 0.781. The van der Waals surface area contributed by atoms with Gasteiger partial charge in [-0.25, -0.2) is 0 Å². The Bertz CT molecular complexity index is 217. The van der Waals surface area contributed by atoms with E-state index in [9.17, 15) is 4.79 Å². The van der Waals surface area contributed by atoms with Crippen molar-refractivity contribution in [3.8, 4) is 0 Å². The summed E-state index contributed by atoms with van der Waals surface area (Å²) in [7, 11) is 0. The molecule has 0 aromatic carbocycles. The summed E-state index contributed by atoms with van der Waals surface area (Å²) in [6.07, 6.45) is 2.99. The molecule has 1 unspecified atom stereocenters. The molecule has 88 valence electrons. The molecule has 0 saturated carbocycles. The van der Waals surface area contributed by atoms with E-state index in [1.54, 1.807) is 0 Å². The molecule has 1 heterocycles. The van der Waals surface area contributed by atoms with E-state index < -0.39 is 0 Å². The lowest BCUT2D eigenvalue weighted by atomic mass is 9.90. The molecule has 1 aliphatic rings. The number of Topliss-reactive ketones (excluding diaryl/α,β-unsaturated/α-hetero) is 1. The van der Waals surface area contributed by atoms with Gasteiger partial charge in [-0.1, -0.05) is 27.7 Å². The maximum atomic E-state index is 11.5. The summed E-state index contributed by atoms with van der Waals surface area (Å²) in [6, 6.07) is 0. The van der Waals surface area contributed by atoms with Gasteiger partial charge >= 0.3 is 0 Å². The van der Waals surface area contributed by atoms with Crippen molar-refractivity contribution < 1.29 is 4.79 Å². The Morgan fingerprint density at radius 3 is 2.60 bits per heavy atom. The van der Waals surface area contributed by atoms with Gasteiger partial charge in [0, 0.05) is 25.4 Å². The van der Waals surface area contributed by atoms with E-state index in [0.717, 1.165) is 32.5 Å². The molecule has 0 bridgehead atoms. The normalized spacial score (nSPS) is 24.5. The van der Waals surface area contributed by atoms with E-state index >= 15 is 0 Å². The molecule has 0 aliphatic carbocycles. The Balaban J connectivity index is 2.35. The minimum atomic E-state index is 0.304. The van der Waals surface area contributed by atoms with Crippen LogP contribution >= 0.6 is 0 Å². The van der Waals surface area contributed by atoms with E-state index in [1.165, 1.54) is 6.42 Å². The molecule has 0 radical (unpaired) electrons. The molecule has 1 fully saturated rings. The van der Waals surface area contributed by atoms with Crippen molar-refractivity contribution in [2.75, 3.05) is 19.6 Å². The Labute approximate surface area is 94.0 Å². The van der Waals surface area contributed by atoms with Crippen molar-refractivity contribution in [2.45, 2.75) is 47.0 Å². The molecule has 0 aromatic rings. The number of piperidine rings is 1. The lowest BCUT2D eigenvalue weighted by Crippen LogP contribution is -2.41. The van der Waals surface area contributed by atoms with Gasteiger partial charge in [0.25, 0.3) is 0 Å². The zero-order valence-electron chi connectivity index (χ0n) is 10.7. The van der Waals surface area contributed by atoms with E-state index in [0.29, 0.717) is 17.1 Å². The van der Waals surface area contributed by atoms with Gasteiger partial charge in [-0.2, -0.15) is 0 Å². The Hall–Kier alpha value is -0.370. The lowest BCUT2D eigenvalue weighted by molar-refractivity contribution is -0.126. The SMILES string of the molecule is CCC1CN(CCC(C)(C)C)CCC1=O. The van der Waals surface area contributed by atoms with Crippen molar-refractivity contribution in [2.24, 2.45) is 11.3 Å². The molecule has 0 spiro atoms. The Morgan fingerprint density at radius 1 is 1.40 bits per heavy atom. The monoisotopic (exact) mass is 211 g/mol. The van der Waals surface area contributed by atoms with Crippen LogP contribution in [0.25, 0.3) is 0 Å². The summed E-state index contributed by atoms with van der Waals surface area (Å²) in [6.45, 7) is 12.1. The molecule has 2 nitrogen and oxygen atoms in total. The van der Waals surface area contributed by atoms with E-state index in [1.807, 2.05) is 0 Å². The van der Waals surface area contributed by atoms with E-state index in [2.05, 4.69) is 32.6 Å². The van der Waals surface area contributed by atoms with Gasteiger partial charge < -0.3 is 4.90 Å². The van der Waals surface area contributed by atoms with Crippen LogP contribution in [0.2, 0.25) is 0 Å². The number of ketones is 1. The van der Waals surface area contributed by atoms with Crippen LogP contribution in [-0.4, -0.2) is 30.3 Å². The predicted octanol–water partition coefficient (Wildman–Crippen LogP) is 2.72. The Kier molecular flexibility index (Phi) is 4.32. The number of carbonyl (C=O) groups excluding carboxylic acids is 1. The number of hydrogen-bond acceptors (Lipinski definition) is 2. The van der Waals surface area contributed by atoms with Crippen molar-refractivity contribution >= 4 is 5.78 Å². The van der Waals surface area contributed by atoms with Crippen molar-refractivity contribution in [3.05, 3.63) is 0 Å². The first-order valence-corrected chi connectivity index (χ1v) is 6.17. The minimum Gasteiger partial charge on any atom is -0.302 e. The van der Waals surface area contributed by atoms with Gasteiger partial charge in [0.2, 0.25) is 0 Å². The first kappa shape index (κ1) is 12.7. The van der Waals surface area contributed by atoms with Gasteiger partial charge in [0.05, 0.1) is 0 Å². The van der Waals surface area contributed by atoms with Crippen molar-refractivity contribution in [3.63, 3.8) is 0 Å². The highest BCUT2D eigenvalue weighted by Crippen LogP contribution is 2.21. The summed E-state index contributed by atoms with van der Waals surface area (Å²) < 4.78 is 0. The Morgan fingerprint density at radius 2 is 2.07 bits per heavy atom. The number of carbonyl (C=O) groups is 1. The maximum Gasteiger partial charge on any atom is 0.138 e. The third-order valence-corrected chi connectivity index (χ3v) is 3.28. The topological polar surface area (TPSA) is 20.3 Å². The second kappa shape index (κ2) is 5.11. The van der Waals surface area contributed by atoms with Gasteiger partial charge in [0.1, 0.15) is 5.78 Å². The fourth-order valence-corrected chi connectivity index (χ4v) is 2.03. The largest absolute Gasteiger partial charge is 0.302 e. The second-order valence-electron chi connectivity index (χ2n) is 5.93. The summed E-state index contributed by atoms with van der Waals surface area (Å²) in [5.41, 5.74) is 0.406. The predicted molar refractivity (Wildman–Crippen MR) is 63.9 cm³/mol. The van der Waals surface area contributed by atoms with Crippen LogP contribution in [0.4, 0.5) is 0 Å². The lowest BCUT2D eigenvalue weighted by Gasteiger charge is -2.33. The molecule has 15 heavy (non-hydrogen) atoms. The highest BCUT2D eigenvalue weighted by Gasteiger charge is 2.26. The third kappa shape index (κ3) is 4.33. The summed E-state index contributed by atoms with van der Waals surface area (Å²) in [4.78, 5) is 14.0. The highest BCUT2D eigenvalue weighted by atomic mass is 16.1. The van der Waals surface area contributed by atoms with Crippen LogP contribution in [0.15, 0.2) is 0 Å². The first-order valence-electron chi connectivity index (χ1n) is 6.17. The smallest absolute Gasteiger partial charge is 0.138 e. The van der Waals surface area contributed by atoms with Crippen LogP contribution in [0.1, 0.15) is 47.0 Å². The summed E-state index contributed by atoms with van der Waals surface area (Å²) in [5, 5.41) is 0. The van der Waals surface area contributed by atoms with Gasteiger partial charge in [-0.05, 0) is 24.8 Å². The number of likely N-dealkylation sites (tertiary alicyclic amines) is 1. The molecule has 0 amide bonds. The fraction of sp³-hybridized carbons (Fsp3) is 0.923. The van der Waals surface area contributed by atoms with E-state index in [-0.39, 0.29) is 0 Å². The molecule has 0 aromatic heterocycles. The second-order valence-corrected chi connectivity index (χ2v) is 5.93. The minimum absolute atomic E-state index is 0.304. The molecule has 1 atom stereocenters. The number of nitrogens with zero attached hydrogens (tertiary/aromatic N) is 1. The van der Waals surface area contributed by atoms with Crippen LogP contribution in [0.5, 0.6) is 0 Å². The van der Waals surface area contributed by atoms with Gasteiger partial charge in [0.15, 0.2) is 0 Å². The standard InChI is InChI=1S/C13H25NO/c1-5-11-10-14(8-6-12(11)15)9-7-13(2,3)4/h11H,5-10H2,1-4H3. The molecule has 1 aliphatic heterocycles. The molecule has 1 saturated heterocycles. The zero-order valence-corrected chi connectivity index (χ0v) is 10.7. The molecular formula is C13H25NO. The van der Waals surface area contributed by atoms with Crippen molar-refractivity contribution in [1.29, 1.82) is 0 Å². The van der Waals surface area contributed by atoms with Crippen LogP contribution in [0, 0.1) is 11.3 Å². The van der Waals surface area contributed by atoms with Crippen LogP contribution in [0.3, 0.4) is 0 Å².